The van der Waals surface area contributed by atoms with E-state index in [1.807, 2.05) is 0 Å². The number of rotatable bonds is 21. The highest BCUT2D eigenvalue weighted by atomic mass is 16.2. The normalized spacial score (nSPS) is 11.2. The molecule has 0 amide bonds. The van der Waals surface area contributed by atoms with Crippen molar-refractivity contribution < 1.29 is 5.11 Å². The molecule has 0 aromatic heterocycles. The number of aliphatic hydroxyl groups excluding tert-OH is 1. The lowest BCUT2D eigenvalue weighted by molar-refractivity contribution is 0.282. The second-order valence-corrected chi connectivity index (χ2v) is 7.65. The van der Waals surface area contributed by atoms with E-state index in [4.69, 9.17) is 5.11 Å². The summed E-state index contributed by atoms with van der Waals surface area (Å²) >= 11 is 0. The topological polar surface area (TPSA) is 20.2 Å². The molecule has 0 fully saturated rings. The lowest BCUT2D eigenvalue weighted by Gasteiger charge is -2.04. The summed E-state index contributed by atoms with van der Waals surface area (Å²) in [5.74, 6) is 0. The third kappa shape index (κ3) is 22.0. The zero-order chi connectivity index (χ0) is 17.6. The highest BCUT2D eigenvalue weighted by Gasteiger charge is 1.95. The fourth-order valence-electron chi connectivity index (χ4n) is 3.47. The minimum Gasteiger partial charge on any atom is -0.396 e. The minimum absolute atomic E-state index is 0.372. The van der Waals surface area contributed by atoms with Crippen molar-refractivity contribution in [3.8, 4) is 0 Å². The van der Waals surface area contributed by atoms with Crippen LogP contribution in [0.1, 0.15) is 135 Å². The Balaban J connectivity index is 2.93. The number of unbranched alkanes of at least 4 members (excludes halogenated alkanes) is 20. The minimum atomic E-state index is 0.372. The van der Waals surface area contributed by atoms with E-state index in [-0.39, 0.29) is 0 Å². The first-order chi connectivity index (χ1) is 11.9. The molecule has 145 valence electrons. The van der Waals surface area contributed by atoms with Gasteiger partial charge in [0.25, 0.3) is 0 Å². The van der Waals surface area contributed by atoms with Gasteiger partial charge in [-0.3, -0.25) is 0 Å². The van der Waals surface area contributed by atoms with Gasteiger partial charge in [0, 0.05) is 6.61 Å². The fourth-order valence-corrected chi connectivity index (χ4v) is 3.47. The third-order valence-electron chi connectivity index (χ3n) is 5.16. The highest BCUT2D eigenvalue weighted by molar-refractivity contribution is 4.51. The Labute approximate surface area is 154 Å². The van der Waals surface area contributed by atoms with Gasteiger partial charge in [-0.05, 0) is 6.42 Å². The molecule has 1 nitrogen and oxygen atoms in total. The van der Waals surface area contributed by atoms with Crippen molar-refractivity contribution in [1.29, 1.82) is 0 Å². The standard InChI is InChI=1S/C23H47O/c1-2-3-4-5-6-7-8-9-10-11-12-13-14-15-16-17-18-19-20-21-22-23-24/h24H,1-23H2. The highest BCUT2D eigenvalue weighted by Crippen LogP contribution is 2.14. The number of hydrogen-bond donors (Lipinski definition) is 1. The van der Waals surface area contributed by atoms with Gasteiger partial charge in [0.2, 0.25) is 0 Å². The van der Waals surface area contributed by atoms with Crippen molar-refractivity contribution in [2.75, 3.05) is 6.61 Å². The van der Waals surface area contributed by atoms with Gasteiger partial charge < -0.3 is 5.11 Å². The first-order valence-corrected chi connectivity index (χ1v) is 11.3. The maximum absolute atomic E-state index is 8.72. The molecule has 1 heteroatoms. The summed E-state index contributed by atoms with van der Waals surface area (Å²) in [5, 5.41) is 8.72. The van der Waals surface area contributed by atoms with E-state index in [1.54, 1.807) is 0 Å². The Morgan fingerprint density at radius 2 is 0.542 bits per heavy atom. The molecule has 0 aliphatic heterocycles. The molecule has 0 saturated carbocycles. The van der Waals surface area contributed by atoms with E-state index < -0.39 is 0 Å². The van der Waals surface area contributed by atoms with Gasteiger partial charge in [0.1, 0.15) is 0 Å². The lowest BCUT2D eigenvalue weighted by atomic mass is 10.0. The van der Waals surface area contributed by atoms with Crippen molar-refractivity contribution in [2.24, 2.45) is 0 Å². The molecule has 0 aliphatic carbocycles. The van der Waals surface area contributed by atoms with Crippen LogP contribution in [0.3, 0.4) is 0 Å². The summed E-state index contributed by atoms with van der Waals surface area (Å²) in [5.41, 5.74) is 0. The molecule has 0 aromatic rings. The van der Waals surface area contributed by atoms with Gasteiger partial charge in [-0.2, -0.15) is 0 Å². The summed E-state index contributed by atoms with van der Waals surface area (Å²) < 4.78 is 0. The predicted octanol–water partition coefficient (Wildman–Crippen LogP) is 8.00. The van der Waals surface area contributed by atoms with Crippen LogP contribution in [0.15, 0.2) is 0 Å². The molecule has 0 saturated heterocycles. The van der Waals surface area contributed by atoms with Crippen molar-refractivity contribution in [1.82, 2.24) is 0 Å². The monoisotopic (exact) mass is 339 g/mol. The molecule has 0 bridgehead atoms. The summed E-state index contributed by atoms with van der Waals surface area (Å²) in [6.45, 7) is 4.27. The van der Waals surface area contributed by atoms with Gasteiger partial charge in [-0.15, -0.1) is 0 Å². The maximum Gasteiger partial charge on any atom is 0.0431 e. The van der Waals surface area contributed by atoms with Crippen LogP contribution in [0, 0.1) is 6.92 Å². The first kappa shape index (κ1) is 24.0. The quantitative estimate of drug-likeness (QED) is 0.210. The summed E-state index contributed by atoms with van der Waals surface area (Å²) in [6.07, 6.45) is 29.0. The van der Waals surface area contributed by atoms with Crippen molar-refractivity contribution >= 4 is 0 Å². The molecule has 0 aromatic carbocycles. The van der Waals surface area contributed by atoms with Crippen LogP contribution in [0.25, 0.3) is 0 Å². The largest absolute Gasteiger partial charge is 0.396 e. The maximum atomic E-state index is 8.72. The molecule has 0 spiro atoms. The second kappa shape index (κ2) is 23.0. The van der Waals surface area contributed by atoms with Gasteiger partial charge in [-0.25, -0.2) is 0 Å². The van der Waals surface area contributed by atoms with Crippen LogP contribution in [-0.4, -0.2) is 11.7 Å². The van der Waals surface area contributed by atoms with Crippen molar-refractivity contribution in [3.63, 3.8) is 0 Å². The van der Waals surface area contributed by atoms with E-state index in [0.29, 0.717) is 6.61 Å². The van der Waals surface area contributed by atoms with E-state index in [0.717, 1.165) is 12.8 Å². The van der Waals surface area contributed by atoms with Crippen LogP contribution >= 0.6 is 0 Å². The Bertz CT molecular complexity index is 180. The van der Waals surface area contributed by atoms with Crippen LogP contribution in [-0.2, 0) is 0 Å². The SMILES string of the molecule is [CH2]CCCCCCCCCCCCCCCCCCCCCCO. The van der Waals surface area contributed by atoms with E-state index in [2.05, 4.69) is 6.92 Å². The molecule has 0 unspecified atom stereocenters. The molecule has 0 heterocycles. The molecule has 24 heavy (non-hydrogen) atoms. The summed E-state index contributed by atoms with van der Waals surface area (Å²) in [6, 6.07) is 0. The van der Waals surface area contributed by atoms with Crippen LogP contribution in [0.4, 0.5) is 0 Å². The van der Waals surface area contributed by atoms with Crippen molar-refractivity contribution in [2.45, 2.75) is 135 Å². The lowest BCUT2D eigenvalue weighted by Crippen LogP contribution is -1.85. The first-order valence-electron chi connectivity index (χ1n) is 11.3. The Kier molecular flexibility index (Phi) is 22.9. The van der Waals surface area contributed by atoms with Crippen LogP contribution in [0.5, 0.6) is 0 Å². The van der Waals surface area contributed by atoms with Crippen LogP contribution < -0.4 is 0 Å². The van der Waals surface area contributed by atoms with Crippen LogP contribution in [0.2, 0.25) is 0 Å². The van der Waals surface area contributed by atoms with Crippen molar-refractivity contribution in [3.05, 3.63) is 6.92 Å². The van der Waals surface area contributed by atoms with Gasteiger partial charge >= 0.3 is 0 Å². The third-order valence-corrected chi connectivity index (χ3v) is 5.16. The zero-order valence-corrected chi connectivity index (χ0v) is 16.7. The second-order valence-electron chi connectivity index (χ2n) is 7.65. The van der Waals surface area contributed by atoms with E-state index in [9.17, 15) is 0 Å². The molecule has 1 radical (unpaired) electrons. The fraction of sp³-hybridized carbons (Fsp3) is 0.957. The smallest absolute Gasteiger partial charge is 0.0431 e. The Morgan fingerprint density at radius 3 is 0.750 bits per heavy atom. The average Bonchev–Trinajstić information content (AvgIpc) is 2.60. The average molecular weight is 340 g/mol. The van der Waals surface area contributed by atoms with E-state index in [1.165, 1.54) is 122 Å². The Morgan fingerprint density at radius 1 is 0.333 bits per heavy atom. The predicted molar refractivity (Wildman–Crippen MR) is 109 cm³/mol. The van der Waals surface area contributed by atoms with Gasteiger partial charge in [-0.1, -0.05) is 135 Å². The molecule has 0 atom stereocenters. The van der Waals surface area contributed by atoms with Gasteiger partial charge in [0.05, 0.1) is 0 Å². The Hall–Kier alpha value is -0.0400. The number of aliphatic hydroxyl groups is 1. The summed E-state index contributed by atoms with van der Waals surface area (Å²) in [4.78, 5) is 0. The summed E-state index contributed by atoms with van der Waals surface area (Å²) in [7, 11) is 0. The zero-order valence-electron chi connectivity index (χ0n) is 16.7. The molecule has 0 rings (SSSR count). The van der Waals surface area contributed by atoms with Gasteiger partial charge in [0.15, 0.2) is 0 Å². The molecular weight excluding hydrogens is 292 g/mol. The van der Waals surface area contributed by atoms with E-state index >= 15 is 0 Å². The number of hydrogen-bond acceptors (Lipinski definition) is 1. The molecule has 1 N–H and O–H groups in total. The molecule has 0 aliphatic rings. The molecular formula is C23H47O.